The Morgan fingerprint density at radius 1 is 1.08 bits per heavy atom. The third-order valence-electron chi connectivity index (χ3n) is 4.57. The van der Waals surface area contributed by atoms with Crippen LogP contribution in [0.15, 0.2) is 35.9 Å². The molecule has 2 unspecified atom stereocenters. The lowest BCUT2D eigenvalue weighted by molar-refractivity contribution is -0.110. The van der Waals surface area contributed by atoms with Crippen molar-refractivity contribution in [3.05, 3.63) is 47.0 Å². The van der Waals surface area contributed by atoms with Gasteiger partial charge in [0.2, 0.25) is 0 Å². The molecule has 2 heteroatoms. The Morgan fingerprint density at radius 2 is 1.69 bits per heavy atom. The molecule has 0 heterocycles. The van der Waals surface area contributed by atoms with Crippen LogP contribution in [0.5, 0.6) is 0 Å². The van der Waals surface area contributed by atoms with Crippen molar-refractivity contribution in [3.8, 4) is 0 Å². The summed E-state index contributed by atoms with van der Waals surface area (Å²) in [6.07, 6.45) is 9.32. The number of carbonyl (C=O) groups excluding carboxylic acids is 1. The highest BCUT2D eigenvalue weighted by Crippen LogP contribution is 2.16. The summed E-state index contributed by atoms with van der Waals surface area (Å²) in [6, 6.07) is 8.54. The summed E-state index contributed by atoms with van der Waals surface area (Å²) in [7, 11) is 0. The molecule has 1 aromatic carbocycles. The van der Waals surface area contributed by atoms with Gasteiger partial charge in [-0.3, -0.25) is 0 Å². The molecule has 0 saturated carbocycles. The molecule has 0 saturated heterocycles. The molecule has 0 aliphatic rings. The largest absolute Gasteiger partial charge is 0.389 e. The van der Waals surface area contributed by atoms with Crippen molar-refractivity contribution in [1.82, 2.24) is 0 Å². The molecule has 2 nitrogen and oxygen atoms in total. The van der Waals surface area contributed by atoms with E-state index < -0.39 is 0 Å². The minimum absolute atomic E-state index is 0.125. The number of benzene rings is 1. The summed E-state index contributed by atoms with van der Waals surface area (Å²) in [5, 5.41) is 9.61. The molecule has 1 rings (SSSR count). The average molecular weight is 361 g/mol. The molecule has 0 amide bonds. The van der Waals surface area contributed by atoms with Crippen LogP contribution in [-0.4, -0.2) is 17.5 Å². The van der Waals surface area contributed by atoms with E-state index in [2.05, 4.69) is 58.0 Å². The zero-order chi connectivity index (χ0) is 19.9. The lowest BCUT2D eigenvalue weighted by Gasteiger charge is -2.10. The van der Waals surface area contributed by atoms with Gasteiger partial charge in [-0.25, -0.2) is 0 Å². The molecule has 0 fully saturated rings. The maximum Gasteiger partial charge on any atom is 0.123 e. The quantitative estimate of drug-likeness (QED) is 0.295. The number of allylic oxidation sites excluding steroid dienone is 1. The van der Waals surface area contributed by atoms with Gasteiger partial charge < -0.3 is 9.90 Å². The van der Waals surface area contributed by atoms with Gasteiger partial charge >= 0.3 is 0 Å². The number of aldehydes is 1. The van der Waals surface area contributed by atoms with Crippen LogP contribution in [0.3, 0.4) is 0 Å². The fourth-order valence-corrected chi connectivity index (χ4v) is 2.73. The minimum atomic E-state index is -0.198. The van der Waals surface area contributed by atoms with Crippen LogP contribution in [0.4, 0.5) is 0 Å². The summed E-state index contributed by atoms with van der Waals surface area (Å²) in [4.78, 5) is 10.5. The van der Waals surface area contributed by atoms with Gasteiger partial charge in [-0.2, -0.15) is 0 Å². The van der Waals surface area contributed by atoms with Crippen LogP contribution in [-0.2, 0) is 11.2 Å². The van der Waals surface area contributed by atoms with Gasteiger partial charge in [0.25, 0.3) is 0 Å². The molecule has 1 aromatic rings. The number of aliphatic hydroxyl groups excluding tert-OH is 1. The Bertz CT molecular complexity index is 499. The van der Waals surface area contributed by atoms with E-state index >= 15 is 0 Å². The number of rotatable bonds is 10. The zero-order valence-electron chi connectivity index (χ0n) is 17.8. The smallest absolute Gasteiger partial charge is 0.123 e. The van der Waals surface area contributed by atoms with Crippen LogP contribution in [0.1, 0.15) is 90.7 Å². The van der Waals surface area contributed by atoms with Crippen LogP contribution >= 0.6 is 0 Å². The fourth-order valence-electron chi connectivity index (χ4n) is 2.73. The van der Waals surface area contributed by atoms with Crippen molar-refractivity contribution >= 4 is 6.29 Å². The minimum Gasteiger partial charge on any atom is -0.389 e. The normalized spacial score (nSPS) is 13.8. The Kier molecular flexibility index (Phi) is 13.9. The van der Waals surface area contributed by atoms with Crippen molar-refractivity contribution in [2.24, 2.45) is 5.92 Å². The maximum atomic E-state index is 10.5. The molecular weight excluding hydrogens is 320 g/mol. The number of hydrogen-bond donors (Lipinski definition) is 1. The topological polar surface area (TPSA) is 37.3 Å². The maximum absolute atomic E-state index is 10.5. The number of hydrogen-bond acceptors (Lipinski definition) is 2. The van der Waals surface area contributed by atoms with Crippen molar-refractivity contribution < 1.29 is 9.90 Å². The lowest BCUT2D eigenvalue weighted by Crippen LogP contribution is -2.07. The molecule has 1 N–H and O–H groups in total. The Balaban J connectivity index is 0.000000488. The summed E-state index contributed by atoms with van der Waals surface area (Å²) in [5.41, 5.74) is 3.73. The van der Waals surface area contributed by atoms with Crippen LogP contribution in [0.25, 0.3) is 0 Å². The summed E-state index contributed by atoms with van der Waals surface area (Å²) < 4.78 is 0. The first kappa shape index (κ1) is 24.6. The second kappa shape index (κ2) is 14.7. The van der Waals surface area contributed by atoms with Crippen molar-refractivity contribution in [2.45, 2.75) is 92.1 Å². The van der Waals surface area contributed by atoms with Crippen LogP contribution in [0.2, 0.25) is 0 Å². The Labute approximate surface area is 161 Å². The highest BCUT2D eigenvalue weighted by molar-refractivity contribution is 5.53. The Morgan fingerprint density at radius 3 is 2.15 bits per heavy atom. The first-order valence-corrected chi connectivity index (χ1v) is 10.2. The van der Waals surface area contributed by atoms with E-state index in [-0.39, 0.29) is 12.0 Å². The third kappa shape index (κ3) is 11.3. The monoisotopic (exact) mass is 360 g/mol. The van der Waals surface area contributed by atoms with Gasteiger partial charge in [0.05, 0.1) is 6.10 Å². The zero-order valence-corrected chi connectivity index (χ0v) is 17.8. The summed E-state index contributed by atoms with van der Waals surface area (Å²) in [5.74, 6) is 0.701. The molecule has 26 heavy (non-hydrogen) atoms. The van der Waals surface area contributed by atoms with Crippen molar-refractivity contribution in [3.63, 3.8) is 0 Å². The number of carbonyl (C=O) groups is 1. The van der Waals surface area contributed by atoms with E-state index in [4.69, 9.17) is 0 Å². The van der Waals surface area contributed by atoms with Gasteiger partial charge in [-0.15, -0.1) is 0 Å². The predicted octanol–water partition coefficient (Wildman–Crippen LogP) is 6.47. The average Bonchev–Trinajstić information content (AvgIpc) is 2.63. The van der Waals surface area contributed by atoms with E-state index in [9.17, 15) is 9.90 Å². The standard InChI is InChI=1S/C13H18O.C11H22O/c1-10(2)13-6-4-12(5-7-13)8-11(3)9-14;1-4-6-7-9-11(12)10(3)8-5-2/h4-7,9-11H,8H2,1-3H3;8,11-12H,4-7,9H2,1-3H3. The lowest BCUT2D eigenvalue weighted by atomic mass is 9.98. The molecule has 0 aromatic heterocycles. The van der Waals surface area contributed by atoms with Crippen LogP contribution < -0.4 is 0 Å². The van der Waals surface area contributed by atoms with E-state index in [1.54, 1.807) is 0 Å². The second-order valence-corrected chi connectivity index (χ2v) is 7.58. The molecule has 0 spiro atoms. The second-order valence-electron chi connectivity index (χ2n) is 7.58. The van der Waals surface area contributed by atoms with Gasteiger partial charge in [0.1, 0.15) is 6.29 Å². The highest BCUT2D eigenvalue weighted by atomic mass is 16.3. The van der Waals surface area contributed by atoms with E-state index in [0.29, 0.717) is 5.92 Å². The number of unbranched alkanes of at least 4 members (excludes halogenated alkanes) is 2. The first-order chi connectivity index (χ1) is 12.3. The molecule has 0 bridgehead atoms. The van der Waals surface area contributed by atoms with Crippen molar-refractivity contribution in [2.75, 3.05) is 0 Å². The molecule has 0 aliphatic heterocycles. The van der Waals surface area contributed by atoms with E-state index in [0.717, 1.165) is 37.5 Å². The first-order valence-electron chi connectivity index (χ1n) is 10.2. The molecule has 2 atom stereocenters. The van der Waals surface area contributed by atoms with Gasteiger partial charge in [-0.1, -0.05) is 84.2 Å². The SMILES string of the molecule is CC(C=O)Cc1ccc(C(C)C)cc1.CCC=C(C)C(O)CCCCC. The summed E-state index contributed by atoms with van der Waals surface area (Å²) in [6.45, 7) is 12.6. The molecule has 148 valence electrons. The van der Waals surface area contributed by atoms with Gasteiger partial charge in [0, 0.05) is 5.92 Å². The predicted molar refractivity (Wildman–Crippen MR) is 114 cm³/mol. The molecular formula is C24H40O2. The van der Waals surface area contributed by atoms with E-state index in [1.807, 2.05) is 13.8 Å². The number of aliphatic hydroxyl groups is 1. The Hall–Kier alpha value is -1.41. The summed E-state index contributed by atoms with van der Waals surface area (Å²) >= 11 is 0. The fraction of sp³-hybridized carbons (Fsp3) is 0.625. The van der Waals surface area contributed by atoms with Gasteiger partial charge in [-0.05, 0) is 48.8 Å². The highest BCUT2D eigenvalue weighted by Gasteiger charge is 2.04. The molecule has 0 radical (unpaired) electrons. The van der Waals surface area contributed by atoms with Crippen LogP contribution in [0, 0.1) is 5.92 Å². The third-order valence-corrected chi connectivity index (χ3v) is 4.57. The van der Waals surface area contributed by atoms with E-state index in [1.165, 1.54) is 24.0 Å². The molecule has 0 aliphatic carbocycles. The van der Waals surface area contributed by atoms with Gasteiger partial charge in [0.15, 0.2) is 0 Å². The van der Waals surface area contributed by atoms with Crippen molar-refractivity contribution in [1.29, 1.82) is 0 Å².